The fourth-order valence-electron chi connectivity index (χ4n) is 2.13. The molecule has 0 amide bonds. The Morgan fingerprint density at radius 1 is 1.04 bits per heavy atom. The van der Waals surface area contributed by atoms with Crippen molar-refractivity contribution in [2.75, 3.05) is 0 Å². The van der Waals surface area contributed by atoms with Gasteiger partial charge in [0.05, 0.1) is 11.2 Å². The molecular weight excluding hydrogens is 331 g/mol. The molecule has 2 aromatic carbocycles. The zero-order valence-electron chi connectivity index (χ0n) is 11.2. The Balaban J connectivity index is 0.00000192. The predicted octanol–water partition coefficient (Wildman–Crippen LogP) is 2.86. The number of benzene rings is 2. The van der Waals surface area contributed by atoms with Gasteiger partial charge in [0.15, 0.2) is 0 Å². The van der Waals surface area contributed by atoms with Crippen molar-refractivity contribution >= 4 is 48.3 Å². The first-order valence-electron chi connectivity index (χ1n) is 6.33. The van der Waals surface area contributed by atoms with E-state index < -0.39 is 13.6 Å². The summed E-state index contributed by atoms with van der Waals surface area (Å²) in [6, 6.07) is 14.3. The Kier molecular flexibility index (Phi) is 5.57. The van der Waals surface area contributed by atoms with Gasteiger partial charge in [0.25, 0.3) is 0 Å². The Hall–Kier alpha value is -1.27. The van der Waals surface area contributed by atoms with Crippen LogP contribution >= 0.6 is 7.82 Å². The molecule has 0 aliphatic carbocycles. The summed E-state index contributed by atoms with van der Waals surface area (Å²) in [7, 11) is -4.77. The Bertz CT molecular complexity index is 885. The molecule has 3 rings (SSSR count). The number of hydrogen-bond donors (Lipinski definition) is 2. The van der Waals surface area contributed by atoms with Crippen LogP contribution in [0.3, 0.4) is 0 Å². The van der Waals surface area contributed by atoms with Crippen LogP contribution in [0, 0.1) is 5.82 Å². The molecule has 0 radical (unpaired) electrons. The quantitative estimate of drug-likeness (QED) is 0.565. The van der Waals surface area contributed by atoms with Crippen LogP contribution in [-0.2, 0) is 4.57 Å². The number of phosphoric acid groups is 1. The molecule has 2 N–H and O–H groups in total. The number of fused-ring (bicyclic) bond motifs is 1. The molecule has 0 unspecified atom stereocenters. The van der Waals surface area contributed by atoms with E-state index >= 15 is 0 Å². The third-order valence-corrected chi connectivity index (χ3v) is 3.45. The van der Waals surface area contributed by atoms with Crippen molar-refractivity contribution in [3.8, 4) is 17.0 Å². The van der Waals surface area contributed by atoms with Crippen molar-refractivity contribution in [2.24, 2.45) is 0 Å². The van der Waals surface area contributed by atoms with Crippen LogP contribution < -0.4 is 4.52 Å². The third-order valence-electron chi connectivity index (χ3n) is 3.02. The van der Waals surface area contributed by atoms with E-state index in [0.29, 0.717) is 11.2 Å². The standard InChI is InChI=1S/C15H11FNO4P.Na.H/c16-11-6-7-13-12(8-11)15(21-22(18,19)20)9-14(17-13)10-4-2-1-3-5-10;;/h1-9H,(H2,18,19,20);;. The maximum atomic E-state index is 13.4. The van der Waals surface area contributed by atoms with Crippen molar-refractivity contribution in [3.05, 3.63) is 60.4 Å². The third kappa shape index (κ3) is 4.38. The number of pyridine rings is 1. The summed E-state index contributed by atoms with van der Waals surface area (Å²) in [6.07, 6.45) is 0. The van der Waals surface area contributed by atoms with Gasteiger partial charge in [0.1, 0.15) is 11.6 Å². The molecule has 1 heterocycles. The van der Waals surface area contributed by atoms with Crippen LogP contribution in [-0.4, -0.2) is 44.3 Å². The number of aromatic nitrogens is 1. The van der Waals surface area contributed by atoms with Crippen molar-refractivity contribution in [3.63, 3.8) is 0 Å². The number of rotatable bonds is 3. The molecule has 8 heteroatoms. The first-order chi connectivity index (χ1) is 10.4. The second-order valence-corrected chi connectivity index (χ2v) is 5.78. The van der Waals surface area contributed by atoms with Gasteiger partial charge in [0.2, 0.25) is 0 Å². The average Bonchev–Trinajstić information content (AvgIpc) is 2.47. The van der Waals surface area contributed by atoms with E-state index in [1.54, 1.807) is 12.1 Å². The Labute approximate surface area is 153 Å². The molecule has 5 nitrogen and oxygen atoms in total. The molecule has 0 aliphatic rings. The molecule has 0 aliphatic heterocycles. The second-order valence-electron chi connectivity index (χ2n) is 4.61. The minimum absolute atomic E-state index is 0. The summed E-state index contributed by atoms with van der Waals surface area (Å²) in [4.78, 5) is 22.4. The van der Waals surface area contributed by atoms with Gasteiger partial charge in [-0.15, -0.1) is 0 Å². The fourth-order valence-corrected chi connectivity index (χ4v) is 2.53. The van der Waals surface area contributed by atoms with Gasteiger partial charge in [-0.05, 0) is 18.2 Å². The molecule has 0 fully saturated rings. The Morgan fingerprint density at radius 3 is 2.39 bits per heavy atom. The second kappa shape index (κ2) is 7.09. The zero-order valence-corrected chi connectivity index (χ0v) is 12.1. The zero-order chi connectivity index (χ0) is 15.7. The molecule has 1 aromatic heterocycles. The minimum atomic E-state index is -4.77. The van der Waals surface area contributed by atoms with Crippen molar-refractivity contribution in [2.45, 2.75) is 0 Å². The summed E-state index contributed by atoms with van der Waals surface area (Å²) in [6.45, 7) is 0. The number of nitrogens with zero attached hydrogens (tertiary/aromatic N) is 1. The Morgan fingerprint density at radius 2 is 1.74 bits per heavy atom. The molecule has 23 heavy (non-hydrogen) atoms. The fraction of sp³-hybridized carbons (Fsp3) is 0. The van der Waals surface area contributed by atoms with Crippen LogP contribution in [0.4, 0.5) is 4.39 Å². The monoisotopic (exact) mass is 343 g/mol. The summed E-state index contributed by atoms with van der Waals surface area (Å²) >= 11 is 0. The van der Waals surface area contributed by atoms with E-state index in [1.807, 2.05) is 18.2 Å². The molecule has 3 aromatic rings. The van der Waals surface area contributed by atoms with Gasteiger partial charge >= 0.3 is 37.4 Å². The van der Waals surface area contributed by atoms with E-state index in [4.69, 9.17) is 14.3 Å². The number of halogens is 1. The summed E-state index contributed by atoms with van der Waals surface area (Å²) < 4.78 is 29.2. The maximum absolute atomic E-state index is 13.4. The normalized spacial score (nSPS) is 11.1. The topological polar surface area (TPSA) is 79.7 Å². The SMILES string of the molecule is O=P(O)(O)Oc1cc(-c2ccccc2)nc2ccc(F)cc12.[NaH]. The van der Waals surface area contributed by atoms with Crippen LogP contribution in [0.5, 0.6) is 5.75 Å². The van der Waals surface area contributed by atoms with Gasteiger partial charge in [0, 0.05) is 17.0 Å². The average molecular weight is 343 g/mol. The van der Waals surface area contributed by atoms with Crippen molar-refractivity contribution in [1.29, 1.82) is 0 Å². The van der Waals surface area contributed by atoms with Crippen LogP contribution in [0.25, 0.3) is 22.2 Å². The van der Waals surface area contributed by atoms with Gasteiger partial charge in [-0.1, -0.05) is 30.3 Å². The molecule has 0 saturated heterocycles. The van der Waals surface area contributed by atoms with Crippen molar-refractivity contribution < 1.29 is 23.3 Å². The first kappa shape index (κ1) is 18.1. The summed E-state index contributed by atoms with van der Waals surface area (Å²) in [5.41, 5.74) is 1.61. The van der Waals surface area contributed by atoms with E-state index in [9.17, 15) is 8.96 Å². The van der Waals surface area contributed by atoms with Gasteiger partial charge in [-0.25, -0.2) is 13.9 Å². The van der Waals surface area contributed by atoms with E-state index in [2.05, 4.69) is 4.98 Å². The van der Waals surface area contributed by atoms with E-state index in [-0.39, 0.29) is 40.7 Å². The van der Waals surface area contributed by atoms with E-state index in [0.717, 1.165) is 11.6 Å². The van der Waals surface area contributed by atoms with Crippen molar-refractivity contribution in [1.82, 2.24) is 4.98 Å². The van der Waals surface area contributed by atoms with Gasteiger partial charge in [-0.2, -0.15) is 0 Å². The summed E-state index contributed by atoms with van der Waals surface area (Å²) in [5, 5.41) is 0.197. The van der Waals surface area contributed by atoms with Crippen LogP contribution in [0.2, 0.25) is 0 Å². The van der Waals surface area contributed by atoms with Gasteiger partial charge in [-0.3, -0.25) is 9.79 Å². The number of phosphoric ester groups is 1. The molecule has 0 spiro atoms. The van der Waals surface area contributed by atoms with Crippen LogP contribution in [0.15, 0.2) is 54.6 Å². The van der Waals surface area contributed by atoms with Crippen LogP contribution in [0.1, 0.15) is 0 Å². The predicted molar refractivity (Wildman–Crippen MR) is 87.0 cm³/mol. The molecule has 0 bridgehead atoms. The first-order valence-corrected chi connectivity index (χ1v) is 7.86. The summed E-state index contributed by atoms with van der Waals surface area (Å²) in [5.74, 6) is -0.658. The molecule has 0 saturated carbocycles. The molecule has 0 atom stereocenters. The van der Waals surface area contributed by atoms with Gasteiger partial charge < -0.3 is 4.52 Å². The number of hydrogen-bond acceptors (Lipinski definition) is 3. The van der Waals surface area contributed by atoms with E-state index in [1.165, 1.54) is 18.2 Å². The molecule has 114 valence electrons. The molecular formula is C15H12FNNaO4P.